The second kappa shape index (κ2) is 3.79. The fourth-order valence-electron chi connectivity index (χ4n) is 2.01. The maximum absolute atomic E-state index is 13.2. The van der Waals surface area contributed by atoms with Crippen LogP contribution in [0.5, 0.6) is 0 Å². The number of nitrogens with one attached hydrogen (secondary N) is 1. The molecule has 1 fully saturated rings. The number of nitriles is 1. The Labute approximate surface area is 95.1 Å². The van der Waals surface area contributed by atoms with Crippen molar-refractivity contribution in [3.63, 3.8) is 0 Å². The molecule has 0 aromatic heterocycles. The van der Waals surface area contributed by atoms with Crippen molar-refractivity contribution < 1.29 is 4.39 Å². The number of anilines is 1. The van der Waals surface area contributed by atoms with Gasteiger partial charge in [0.25, 0.3) is 0 Å². The van der Waals surface area contributed by atoms with Gasteiger partial charge in [0.2, 0.25) is 0 Å². The lowest BCUT2D eigenvalue weighted by molar-refractivity contribution is 0.494. The van der Waals surface area contributed by atoms with Gasteiger partial charge in [-0.1, -0.05) is 0 Å². The minimum Gasteiger partial charge on any atom is -0.380 e. The number of halogens is 1. The monoisotopic (exact) mass is 218 g/mol. The van der Waals surface area contributed by atoms with Gasteiger partial charge in [0.1, 0.15) is 5.82 Å². The van der Waals surface area contributed by atoms with Gasteiger partial charge in [0, 0.05) is 11.2 Å². The van der Waals surface area contributed by atoms with Crippen LogP contribution in [0.4, 0.5) is 10.1 Å². The van der Waals surface area contributed by atoms with Crippen LogP contribution < -0.4 is 5.32 Å². The Morgan fingerprint density at radius 1 is 1.38 bits per heavy atom. The first-order valence-corrected chi connectivity index (χ1v) is 5.50. The fourth-order valence-corrected chi connectivity index (χ4v) is 2.01. The lowest BCUT2D eigenvalue weighted by atomic mass is 9.98. The van der Waals surface area contributed by atoms with E-state index in [0.717, 1.165) is 0 Å². The van der Waals surface area contributed by atoms with Crippen LogP contribution in [-0.2, 0) is 0 Å². The van der Waals surface area contributed by atoms with Crippen molar-refractivity contribution in [1.29, 1.82) is 5.26 Å². The Hall–Kier alpha value is -1.56. The number of benzene rings is 1. The molecule has 1 aromatic carbocycles. The van der Waals surface area contributed by atoms with Crippen LogP contribution in [0.2, 0.25) is 0 Å². The van der Waals surface area contributed by atoms with Crippen molar-refractivity contribution in [3.05, 3.63) is 29.6 Å². The third kappa shape index (κ3) is 2.33. The molecular weight excluding hydrogens is 203 g/mol. The van der Waals surface area contributed by atoms with E-state index in [4.69, 9.17) is 5.26 Å². The molecule has 2 rings (SSSR count). The second-order valence-electron chi connectivity index (χ2n) is 4.96. The Morgan fingerprint density at radius 2 is 2.06 bits per heavy atom. The van der Waals surface area contributed by atoms with Crippen LogP contribution >= 0.6 is 0 Å². The maximum atomic E-state index is 13.2. The molecule has 0 amide bonds. The van der Waals surface area contributed by atoms with Crippen molar-refractivity contribution in [3.8, 4) is 6.07 Å². The molecule has 1 aromatic rings. The average Bonchev–Trinajstić information content (AvgIpc) is 2.98. The molecule has 1 N–H and O–H groups in total. The molecule has 1 saturated carbocycles. The molecule has 0 atom stereocenters. The summed E-state index contributed by atoms with van der Waals surface area (Å²) in [5, 5.41) is 12.1. The Bertz CT molecular complexity index is 442. The Balaban J connectivity index is 2.21. The van der Waals surface area contributed by atoms with Gasteiger partial charge in [-0.15, -0.1) is 0 Å². The van der Waals surface area contributed by atoms with Crippen molar-refractivity contribution in [1.82, 2.24) is 0 Å². The fraction of sp³-hybridized carbons (Fsp3) is 0.462. The maximum Gasteiger partial charge on any atom is 0.126 e. The van der Waals surface area contributed by atoms with Crippen LogP contribution in [-0.4, -0.2) is 5.54 Å². The summed E-state index contributed by atoms with van der Waals surface area (Å²) in [4.78, 5) is 0. The summed E-state index contributed by atoms with van der Waals surface area (Å²) in [6.07, 6.45) is 2.45. The van der Waals surface area contributed by atoms with E-state index in [-0.39, 0.29) is 11.4 Å². The van der Waals surface area contributed by atoms with Crippen molar-refractivity contribution in [2.75, 3.05) is 5.32 Å². The van der Waals surface area contributed by atoms with E-state index < -0.39 is 0 Å². The SMILES string of the molecule is CC(C)(Nc1cc(F)cc(C#N)c1)C1CC1. The van der Waals surface area contributed by atoms with E-state index in [9.17, 15) is 4.39 Å². The summed E-state index contributed by atoms with van der Waals surface area (Å²) < 4.78 is 13.2. The molecule has 0 bridgehead atoms. The first kappa shape index (κ1) is 10.9. The van der Waals surface area contributed by atoms with Gasteiger partial charge in [-0.05, 0) is 50.8 Å². The quantitative estimate of drug-likeness (QED) is 0.845. The van der Waals surface area contributed by atoms with Gasteiger partial charge in [-0.2, -0.15) is 5.26 Å². The third-order valence-corrected chi connectivity index (χ3v) is 3.09. The molecule has 0 heterocycles. The summed E-state index contributed by atoms with van der Waals surface area (Å²) >= 11 is 0. The minimum absolute atomic E-state index is 0.0273. The zero-order chi connectivity index (χ0) is 11.8. The Kier molecular flexibility index (Phi) is 2.59. The molecule has 16 heavy (non-hydrogen) atoms. The van der Waals surface area contributed by atoms with E-state index in [1.165, 1.54) is 25.0 Å². The van der Waals surface area contributed by atoms with Crippen LogP contribution in [0.25, 0.3) is 0 Å². The highest BCUT2D eigenvalue weighted by Gasteiger charge is 2.37. The van der Waals surface area contributed by atoms with Crippen LogP contribution in [0.1, 0.15) is 32.3 Å². The van der Waals surface area contributed by atoms with E-state index in [1.807, 2.05) is 6.07 Å². The molecule has 1 aliphatic carbocycles. The topological polar surface area (TPSA) is 35.8 Å². The molecule has 2 nitrogen and oxygen atoms in total. The van der Waals surface area contributed by atoms with Crippen LogP contribution in [0, 0.1) is 23.1 Å². The molecular formula is C13H15FN2. The predicted molar refractivity (Wildman–Crippen MR) is 61.5 cm³/mol. The lowest BCUT2D eigenvalue weighted by Crippen LogP contribution is -2.33. The molecule has 0 aliphatic heterocycles. The Morgan fingerprint density at radius 3 is 2.62 bits per heavy atom. The molecule has 0 spiro atoms. The number of hydrogen-bond acceptors (Lipinski definition) is 2. The van der Waals surface area contributed by atoms with Crippen molar-refractivity contribution >= 4 is 5.69 Å². The largest absolute Gasteiger partial charge is 0.380 e. The summed E-state index contributed by atoms with van der Waals surface area (Å²) in [5.74, 6) is 0.287. The highest BCUT2D eigenvalue weighted by Crippen LogP contribution is 2.41. The van der Waals surface area contributed by atoms with E-state index in [1.54, 1.807) is 6.07 Å². The van der Waals surface area contributed by atoms with Crippen molar-refractivity contribution in [2.24, 2.45) is 5.92 Å². The molecule has 0 unspecified atom stereocenters. The van der Waals surface area contributed by atoms with Gasteiger partial charge in [-0.3, -0.25) is 0 Å². The summed E-state index contributed by atoms with van der Waals surface area (Å²) in [6.45, 7) is 4.23. The average molecular weight is 218 g/mol. The molecule has 3 heteroatoms. The molecule has 0 saturated heterocycles. The van der Waals surface area contributed by atoms with Gasteiger partial charge in [-0.25, -0.2) is 4.39 Å². The van der Waals surface area contributed by atoms with Gasteiger partial charge >= 0.3 is 0 Å². The van der Waals surface area contributed by atoms with Gasteiger partial charge in [0.15, 0.2) is 0 Å². The molecule has 84 valence electrons. The zero-order valence-electron chi connectivity index (χ0n) is 9.55. The number of rotatable bonds is 3. The highest BCUT2D eigenvalue weighted by molar-refractivity contribution is 5.51. The smallest absolute Gasteiger partial charge is 0.126 e. The predicted octanol–water partition coefficient (Wildman–Crippen LogP) is 3.30. The second-order valence-corrected chi connectivity index (χ2v) is 4.96. The van der Waals surface area contributed by atoms with E-state index in [0.29, 0.717) is 17.2 Å². The zero-order valence-corrected chi connectivity index (χ0v) is 9.55. The number of nitrogens with zero attached hydrogens (tertiary/aromatic N) is 1. The van der Waals surface area contributed by atoms with Gasteiger partial charge in [0.05, 0.1) is 11.6 Å². The van der Waals surface area contributed by atoms with E-state index in [2.05, 4.69) is 19.2 Å². The number of hydrogen-bond donors (Lipinski definition) is 1. The first-order chi connectivity index (χ1) is 7.51. The summed E-state index contributed by atoms with van der Waals surface area (Å²) in [5.41, 5.74) is 1.02. The van der Waals surface area contributed by atoms with Gasteiger partial charge < -0.3 is 5.32 Å². The van der Waals surface area contributed by atoms with Crippen LogP contribution in [0.15, 0.2) is 18.2 Å². The third-order valence-electron chi connectivity index (χ3n) is 3.09. The van der Waals surface area contributed by atoms with E-state index >= 15 is 0 Å². The summed E-state index contributed by atoms with van der Waals surface area (Å²) in [7, 11) is 0. The van der Waals surface area contributed by atoms with Crippen molar-refractivity contribution in [2.45, 2.75) is 32.2 Å². The van der Waals surface area contributed by atoms with Crippen LogP contribution in [0.3, 0.4) is 0 Å². The summed E-state index contributed by atoms with van der Waals surface area (Å²) in [6, 6.07) is 6.33. The molecule has 1 aliphatic rings. The first-order valence-electron chi connectivity index (χ1n) is 5.50. The highest BCUT2D eigenvalue weighted by atomic mass is 19.1. The molecule has 0 radical (unpaired) electrons. The lowest BCUT2D eigenvalue weighted by Gasteiger charge is -2.27. The minimum atomic E-state index is -0.367. The standard InChI is InChI=1S/C13H15FN2/c1-13(2,10-3-4-10)16-12-6-9(8-15)5-11(14)7-12/h5-7,10,16H,3-4H2,1-2H3. The normalized spacial score (nSPS) is 15.6.